The summed E-state index contributed by atoms with van der Waals surface area (Å²) >= 11 is 0. The largest absolute Gasteiger partial charge is 0.380 e. The molecule has 2 atom stereocenters. The topological polar surface area (TPSA) is 41.9 Å². The summed E-state index contributed by atoms with van der Waals surface area (Å²) in [6, 6.07) is 1.17. The highest BCUT2D eigenvalue weighted by atomic mass is 15.3. The minimum atomic E-state index is 0.495. The number of nitrogens with zero attached hydrogens (tertiary/aromatic N) is 2. The van der Waals surface area contributed by atoms with E-state index in [-0.39, 0.29) is 0 Å². The van der Waals surface area contributed by atoms with Crippen LogP contribution in [-0.2, 0) is 7.05 Å². The van der Waals surface area contributed by atoms with Gasteiger partial charge in [-0.3, -0.25) is 4.68 Å². The van der Waals surface area contributed by atoms with Gasteiger partial charge in [-0.15, -0.1) is 0 Å². The van der Waals surface area contributed by atoms with E-state index in [1.165, 1.54) is 38.6 Å². The van der Waals surface area contributed by atoms with Gasteiger partial charge in [-0.05, 0) is 32.7 Å². The highest BCUT2D eigenvalue weighted by molar-refractivity contribution is 5.38. The van der Waals surface area contributed by atoms with Crippen LogP contribution < -0.4 is 10.6 Å². The number of nitrogens with one attached hydrogen (secondary N) is 2. The van der Waals surface area contributed by atoms with Crippen molar-refractivity contribution in [1.29, 1.82) is 0 Å². The maximum atomic E-state index is 4.17. The summed E-state index contributed by atoms with van der Waals surface area (Å²) in [5.41, 5.74) is 1.12. The van der Waals surface area contributed by atoms with Crippen LogP contribution in [0.5, 0.6) is 0 Å². The summed E-state index contributed by atoms with van der Waals surface area (Å²) in [7, 11) is 1.95. The first-order chi connectivity index (χ1) is 8.24. The Morgan fingerprint density at radius 3 is 3.18 bits per heavy atom. The number of hydrogen-bond acceptors (Lipinski definition) is 3. The van der Waals surface area contributed by atoms with Gasteiger partial charge in [-0.1, -0.05) is 12.8 Å². The van der Waals surface area contributed by atoms with Gasteiger partial charge in [0.2, 0.25) is 0 Å². The van der Waals surface area contributed by atoms with Crippen molar-refractivity contribution in [3.8, 4) is 0 Å². The molecule has 2 N–H and O–H groups in total. The molecule has 1 aromatic rings. The van der Waals surface area contributed by atoms with Gasteiger partial charge in [0.15, 0.2) is 0 Å². The normalized spacial score (nSPS) is 23.1. The lowest BCUT2D eigenvalue weighted by Crippen LogP contribution is -2.33. The van der Waals surface area contributed by atoms with Crippen LogP contribution in [0.2, 0.25) is 0 Å². The van der Waals surface area contributed by atoms with Crippen LogP contribution in [0, 0.1) is 0 Å². The van der Waals surface area contributed by atoms with E-state index in [0.29, 0.717) is 12.1 Å². The average Bonchev–Trinajstić information content (AvgIpc) is 2.53. The smallest absolute Gasteiger partial charge is 0.0728 e. The maximum absolute atomic E-state index is 4.17. The standard InChI is InChI=1S/C13H24N4/c1-11(16-13-9-15-17(2)10-13)8-12-6-4-3-5-7-14-12/h9-12,14,16H,3-8H2,1-2H3. The van der Waals surface area contributed by atoms with E-state index in [0.717, 1.165) is 5.69 Å². The quantitative estimate of drug-likeness (QED) is 0.841. The van der Waals surface area contributed by atoms with Crippen molar-refractivity contribution in [2.24, 2.45) is 7.05 Å². The summed E-state index contributed by atoms with van der Waals surface area (Å²) in [6.07, 6.45) is 10.5. The highest BCUT2D eigenvalue weighted by Gasteiger charge is 2.14. The molecule has 0 saturated carbocycles. The van der Waals surface area contributed by atoms with Crippen molar-refractivity contribution in [3.63, 3.8) is 0 Å². The minimum absolute atomic E-state index is 0.495. The Morgan fingerprint density at radius 2 is 2.41 bits per heavy atom. The Labute approximate surface area is 104 Å². The van der Waals surface area contributed by atoms with Crippen molar-refractivity contribution in [1.82, 2.24) is 15.1 Å². The summed E-state index contributed by atoms with van der Waals surface area (Å²) in [5, 5.41) is 11.3. The van der Waals surface area contributed by atoms with E-state index < -0.39 is 0 Å². The van der Waals surface area contributed by atoms with Gasteiger partial charge in [-0.2, -0.15) is 5.10 Å². The van der Waals surface area contributed by atoms with Gasteiger partial charge in [-0.25, -0.2) is 0 Å². The van der Waals surface area contributed by atoms with E-state index in [9.17, 15) is 0 Å². The molecule has 0 spiro atoms. The molecule has 0 aliphatic carbocycles. The van der Waals surface area contributed by atoms with Crippen molar-refractivity contribution >= 4 is 5.69 Å². The van der Waals surface area contributed by atoms with Crippen molar-refractivity contribution in [2.75, 3.05) is 11.9 Å². The van der Waals surface area contributed by atoms with Gasteiger partial charge in [0.05, 0.1) is 11.9 Å². The predicted molar refractivity (Wildman–Crippen MR) is 71.2 cm³/mol. The van der Waals surface area contributed by atoms with Crippen molar-refractivity contribution < 1.29 is 0 Å². The zero-order chi connectivity index (χ0) is 12.1. The van der Waals surface area contributed by atoms with Gasteiger partial charge in [0.25, 0.3) is 0 Å². The fourth-order valence-electron chi connectivity index (χ4n) is 2.57. The molecule has 1 aromatic heterocycles. The van der Waals surface area contributed by atoms with Crippen LogP contribution in [-0.4, -0.2) is 28.4 Å². The Kier molecular flexibility index (Phi) is 4.42. The molecule has 96 valence electrons. The zero-order valence-corrected chi connectivity index (χ0v) is 10.9. The third-order valence-corrected chi connectivity index (χ3v) is 3.42. The number of rotatable bonds is 4. The van der Waals surface area contributed by atoms with E-state index in [1.54, 1.807) is 0 Å². The minimum Gasteiger partial charge on any atom is -0.380 e. The molecule has 2 rings (SSSR count). The van der Waals surface area contributed by atoms with Crippen molar-refractivity contribution in [2.45, 2.75) is 51.1 Å². The molecule has 1 fully saturated rings. The number of aryl methyl sites for hydroxylation is 1. The molecular weight excluding hydrogens is 212 g/mol. The second-order valence-electron chi connectivity index (χ2n) is 5.18. The number of hydrogen-bond donors (Lipinski definition) is 2. The first kappa shape index (κ1) is 12.4. The van der Waals surface area contributed by atoms with Crippen LogP contribution in [0.15, 0.2) is 12.4 Å². The fourth-order valence-corrected chi connectivity index (χ4v) is 2.57. The van der Waals surface area contributed by atoms with Gasteiger partial charge >= 0.3 is 0 Å². The predicted octanol–water partition coefficient (Wildman–Crippen LogP) is 2.14. The number of aromatic nitrogens is 2. The summed E-state index contributed by atoms with van der Waals surface area (Å²) in [4.78, 5) is 0. The summed E-state index contributed by atoms with van der Waals surface area (Å²) in [6.45, 7) is 3.43. The molecule has 0 bridgehead atoms. The van der Waals surface area contributed by atoms with Crippen molar-refractivity contribution in [3.05, 3.63) is 12.4 Å². The lowest BCUT2D eigenvalue weighted by molar-refractivity contribution is 0.456. The molecular formula is C13H24N4. The number of anilines is 1. The molecule has 0 radical (unpaired) electrons. The lowest BCUT2D eigenvalue weighted by Gasteiger charge is -2.21. The fraction of sp³-hybridized carbons (Fsp3) is 0.769. The molecule has 0 aromatic carbocycles. The van der Waals surface area contributed by atoms with E-state index >= 15 is 0 Å². The highest BCUT2D eigenvalue weighted by Crippen LogP contribution is 2.15. The lowest BCUT2D eigenvalue weighted by atomic mass is 10.0. The van der Waals surface area contributed by atoms with Crippen LogP contribution in [0.3, 0.4) is 0 Å². The first-order valence-electron chi connectivity index (χ1n) is 6.72. The average molecular weight is 236 g/mol. The van der Waals surface area contributed by atoms with E-state index in [1.807, 2.05) is 24.1 Å². The van der Waals surface area contributed by atoms with Gasteiger partial charge in [0, 0.05) is 25.3 Å². The zero-order valence-electron chi connectivity index (χ0n) is 10.9. The second-order valence-corrected chi connectivity index (χ2v) is 5.18. The Hall–Kier alpha value is -1.03. The molecule has 4 nitrogen and oxygen atoms in total. The molecule has 4 heteroatoms. The molecule has 1 aliphatic heterocycles. The second kappa shape index (κ2) is 6.05. The van der Waals surface area contributed by atoms with Gasteiger partial charge in [0.1, 0.15) is 0 Å². The van der Waals surface area contributed by atoms with Gasteiger partial charge < -0.3 is 10.6 Å². The summed E-state index contributed by atoms with van der Waals surface area (Å²) in [5.74, 6) is 0. The molecule has 0 amide bonds. The van der Waals surface area contributed by atoms with E-state index in [2.05, 4.69) is 22.7 Å². The SMILES string of the molecule is CC(CC1CCCCCN1)Nc1cnn(C)c1. The third kappa shape index (κ3) is 4.04. The van der Waals surface area contributed by atoms with E-state index in [4.69, 9.17) is 0 Å². The van der Waals surface area contributed by atoms with Crippen LogP contribution in [0.25, 0.3) is 0 Å². The monoisotopic (exact) mass is 236 g/mol. The third-order valence-electron chi connectivity index (χ3n) is 3.42. The Balaban J connectivity index is 1.77. The maximum Gasteiger partial charge on any atom is 0.0728 e. The molecule has 1 aliphatic rings. The molecule has 1 saturated heterocycles. The first-order valence-corrected chi connectivity index (χ1v) is 6.72. The summed E-state index contributed by atoms with van der Waals surface area (Å²) < 4.78 is 1.83. The molecule has 2 heterocycles. The van der Waals surface area contributed by atoms with Crippen LogP contribution in [0.4, 0.5) is 5.69 Å². The van der Waals surface area contributed by atoms with Crippen LogP contribution >= 0.6 is 0 Å². The van der Waals surface area contributed by atoms with Crippen LogP contribution in [0.1, 0.15) is 39.0 Å². The Bertz CT molecular complexity index is 326. The Morgan fingerprint density at radius 1 is 1.53 bits per heavy atom. The molecule has 2 unspecified atom stereocenters. The molecule has 17 heavy (non-hydrogen) atoms.